The zero-order valence-corrected chi connectivity index (χ0v) is 24.2. The van der Waals surface area contributed by atoms with Crippen LogP contribution in [0.25, 0.3) is 0 Å². The zero-order chi connectivity index (χ0) is 22.7. The maximum atomic E-state index is 12.1. The molecule has 2 unspecified atom stereocenters. The molecule has 2 aromatic rings. The molecule has 0 spiro atoms. The second-order valence-electron chi connectivity index (χ2n) is 8.16. The van der Waals surface area contributed by atoms with Crippen molar-refractivity contribution in [1.82, 2.24) is 0 Å². The molecule has 0 saturated heterocycles. The van der Waals surface area contributed by atoms with Crippen LogP contribution in [-0.4, -0.2) is 17.0 Å². The quantitative estimate of drug-likeness (QED) is 0.237. The number of rotatable bonds is 14. The fourth-order valence-electron chi connectivity index (χ4n) is 4.24. The van der Waals surface area contributed by atoms with Gasteiger partial charge in [-0.15, -0.1) is 0 Å². The number of aliphatic carboxylic acids is 1. The van der Waals surface area contributed by atoms with Gasteiger partial charge in [0, 0.05) is 5.97 Å². The molecular formula is C26H32Na2O5. The molecule has 0 fully saturated rings. The van der Waals surface area contributed by atoms with Crippen molar-refractivity contribution in [1.29, 1.82) is 0 Å². The molecule has 0 aliphatic heterocycles. The summed E-state index contributed by atoms with van der Waals surface area (Å²) < 4.78 is 0. The third-order valence-electron chi connectivity index (χ3n) is 5.96. The Labute approximate surface area is 241 Å². The topological polar surface area (TPSA) is 100 Å². The number of aromatic carboxylic acids is 1. The number of unbranched alkanes of at least 4 members (excludes halogenated alkanes) is 4. The van der Waals surface area contributed by atoms with E-state index in [0.29, 0.717) is 24.0 Å². The average molecular weight is 471 g/mol. The molecule has 1 N–H and O–H groups in total. The third kappa shape index (κ3) is 9.85. The Balaban J connectivity index is 0.00000512. The fourth-order valence-corrected chi connectivity index (χ4v) is 4.24. The first-order chi connectivity index (χ1) is 14.9. The molecule has 168 valence electrons. The minimum Gasteiger partial charge on any atom is -0.550 e. The normalized spacial score (nSPS) is 13.2. The van der Waals surface area contributed by atoms with E-state index in [4.69, 9.17) is 0 Å². The molecule has 5 nitrogen and oxygen atoms in total. The number of hydrogen-bond donors (Lipinski definition) is 1. The van der Waals surface area contributed by atoms with Crippen LogP contribution in [0.15, 0.2) is 54.6 Å². The Morgan fingerprint density at radius 3 is 1.91 bits per heavy atom. The van der Waals surface area contributed by atoms with Gasteiger partial charge in [0.1, 0.15) is 5.60 Å². The summed E-state index contributed by atoms with van der Waals surface area (Å²) >= 11 is 0. The first kappa shape index (κ1) is 32.3. The van der Waals surface area contributed by atoms with Gasteiger partial charge in [0.05, 0.1) is 5.97 Å². The zero-order valence-electron chi connectivity index (χ0n) is 20.2. The maximum absolute atomic E-state index is 12.1. The van der Waals surface area contributed by atoms with E-state index in [0.717, 1.165) is 32.1 Å². The van der Waals surface area contributed by atoms with Crippen LogP contribution in [0.5, 0.6) is 0 Å². The van der Waals surface area contributed by atoms with E-state index in [9.17, 15) is 24.9 Å². The van der Waals surface area contributed by atoms with Gasteiger partial charge in [-0.25, -0.2) is 0 Å². The smallest absolute Gasteiger partial charge is 0.550 e. The maximum Gasteiger partial charge on any atom is 1.00 e. The fraction of sp³-hybridized carbons (Fsp3) is 0.462. The summed E-state index contributed by atoms with van der Waals surface area (Å²) in [5, 5.41) is 34.2. The second kappa shape index (κ2) is 16.9. The average Bonchev–Trinajstić information content (AvgIpc) is 2.77. The monoisotopic (exact) mass is 470 g/mol. The number of hydrogen-bond acceptors (Lipinski definition) is 5. The van der Waals surface area contributed by atoms with Crippen molar-refractivity contribution in [2.45, 2.75) is 70.3 Å². The van der Waals surface area contributed by atoms with Crippen LogP contribution in [0.3, 0.4) is 0 Å². The number of carboxylic acids is 2. The van der Waals surface area contributed by atoms with Crippen molar-refractivity contribution in [3.05, 3.63) is 71.3 Å². The largest absolute Gasteiger partial charge is 1.00 e. The molecule has 0 heterocycles. The molecule has 33 heavy (non-hydrogen) atoms. The third-order valence-corrected chi connectivity index (χ3v) is 5.96. The van der Waals surface area contributed by atoms with E-state index in [-0.39, 0.29) is 77.0 Å². The van der Waals surface area contributed by atoms with Crippen molar-refractivity contribution in [2.24, 2.45) is 5.92 Å². The van der Waals surface area contributed by atoms with Gasteiger partial charge in [-0.2, -0.15) is 0 Å². The van der Waals surface area contributed by atoms with E-state index in [1.54, 1.807) is 12.1 Å². The summed E-state index contributed by atoms with van der Waals surface area (Å²) in [6.07, 6.45) is 7.06. The summed E-state index contributed by atoms with van der Waals surface area (Å²) in [6, 6.07) is 15.4. The molecule has 0 bridgehead atoms. The van der Waals surface area contributed by atoms with Gasteiger partial charge in [0.25, 0.3) is 0 Å². The van der Waals surface area contributed by atoms with Gasteiger partial charge in [-0.1, -0.05) is 93.6 Å². The summed E-state index contributed by atoms with van der Waals surface area (Å²) in [5.41, 5.74) is -0.00581. The van der Waals surface area contributed by atoms with Gasteiger partial charge < -0.3 is 24.9 Å². The van der Waals surface area contributed by atoms with Crippen molar-refractivity contribution in [3.63, 3.8) is 0 Å². The van der Waals surface area contributed by atoms with Crippen molar-refractivity contribution < 1.29 is 84.0 Å². The van der Waals surface area contributed by atoms with E-state index in [1.165, 1.54) is 18.6 Å². The molecule has 7 heteroatoms. The molecule has 2 aromatic carbocycles. The Hall–Kier alpha value is -0.660. The number of aliphatic hydroxyl groups is 1. The standard InChI is InChI=1S/C26H34O5.2Na/c1-2-3-4-5-7-11-22(14-10-15-24(27)28)26(31,21-12-8-6-9-13-21)23-18-16-20(17-19-23)25(29)30;;/h6,8-9,12-13,16-19,22,31H,2-5,7,10-11,14-15H2,1H3,(H,27,28)(H,29,30);;/q;2*+1/p-2. The van der Waals surface area contributed by atoms with Crippen LogP contribution in [0.2, 0.25) is 0 Å². The van der Waals surface area contributed by atoms with Crippen LogP contribution < -0.4 is 69.3 Å². The molecule has 0 radical (unpaired) electrons. The van der Waals surface area contributed by atoms with Crippen LogP contribution in [0.4, 0.5) is 0 Å². The molecule has 0 aromatic heterocycles. The molecule has 2 rings (SSSR count). The van der Waals surface area contributed by atoms with Crippen LogP contribution >= 0.6 is 0 Å². The minimum absolute atomic E-state index is 0. The van der Waals surface area contributed by atoms with Crippen LogP contribution in [0.1, 0.15) is 86.2 Å². The van der Waals surface area contributed by atoms with Crippen LogP contribution in [-0.2, 0) is 10.4 Å². The first-order valence-corrected chi connectivity index (χ1v) is 11.2. The van der Waals surface area contributed by atoms with E-state index in [1.807, 2.05) is 30.3 Å². The van der Waals surface area contributed by atoms with Gasteiger partial charge >= 0.3 is 59.1 Å². The molecule has 0 aliphatic carbocycles. The Morgan fingerprint density at radius 1 is 0.818 bits per heavy atom. The summed E-state index contributed by atoms with van der Waals surface area (Å²) in [4.78, 5) is 22.1. The molecule has 0 aliphatic rings. The molecule has 2 atom stereocenters. The van der Waals surface area contributed by atoms with Gasteiger partial charge in [0.15, 0.2) is 0 Å². The SMILES string of the molecule is CCCCCCCC(CCCC(=O)[O-])C(O)(c1ccccc1)c1ccc(C(=O)[O-])cc1.[Na+].[Na+]. The van der Waals surface area contributed by atoms with Crippen LogP contribution in [0, 0.1) is 5.92 Å². The van der Waals surface area contributed by atoms with Gasteiger partial charge in [-0.05, 0) is 48.3 Å². The predicted octanol–water partition coefficient (Wildman–Crippen LogP) is -2.81. The number of carboxylic acid groups (broad SMARTS) is 2. The van der Waals surface area contributed by atoms with Crippen molar-refractivity contribution in [3.8, 4) is 0 Å². The number of carbonyl (C=O) groups is 2. The minimum atomic E-state index is -1.36. The van der Waals surface area contributed by atoms with Crippen molar-refractivity contribution >= 4 is 11.9 Å². The number of benzene rings is 2. The molecule has 0 amide bonds. The Bertz CT molecular complexity index is 826. The van der Waals surface area contributed by atoms with Gasteiger partial charge in [-0.3, -0.25) is 0 Å². The Morgan fingerprint density at radius 2 is 1.36 bits per heavy atom. The first-order valence-electron chi connectivity index (χ1n) is 11.2. The molecule has 0 saturated carbocycles. The number of carbonyl (C=O) groups excluding carboxylic acids is 2. The summed E-state index contributed by atoms with van der Waals surface area (Å²) in [7, 11) is 0. The van der Waals surface area contributed by atoms with Gasteiger partial charge in [0.2, 0.25) is 0 Å². The summed E-state index contributed by atoms with van der Waals surface area (Å²) in [5.74, 6) is -2.58. The summed E-state index contributed by atoms with van der Waals surface area (Å²) in [6.45, 7) is 2.16. The Kier molecular flexibility index (Phi) is 16.5. The second-order valence-corrected chi connectivity index (χ2v) is 8.16. The van der Waals surface area contributed by atoms with E-state index in [2.05, 4.69) is 6.92 Å². The predicted molar refractivity (Wildman–Crippen MR) is 116 cm³/mol. The van der Waals surface area contributed by atoms with E-state index >= 15 is 0 Å². The van der Waals surface area contributed by atoms with Crippen molar-refractivity contribution in [2.75, 3.05) is 0 Å². The molecular weight excluding hydrogens is 438 g/mol. The van der Waals surface area contributed by atoms with E-state index < -0.39 is 17.5 Å².